The van der Waals surface area contributed by atoms with Crippen LogP contribution in [0.3, 0.4) is 0 Å². The Labute approximate surface area is 187 Å². The zero-order valence-corrected chi connectivity index (χ0v) is 18.5. The highest BCUT2D eigenvalue weighted by molar-refractivity contribution is 6.33. The monoisotopic (exact) mass is 442 g/mol. The number of nitrogens with zero attached hydrogens (tertiary/aromatic N) is 1. The molecule has 1 N–H and O–H groups in total. The van der Waals surface area contributed by atoms with Gasteiger partial charge in [-0.25, -0.2) is 0 Å². The standard InChI is InChI=1S/C24H27ClN2O4/c1-3-30-11-12-31-17-19-8-6-7-18(13-19)16-26-24(28)20-14-21(25)22(15-23(20)29-2)27-9-4-5-10-27/h4-10,13-15H,3,11-12,16-17H2,1-2H3,(H,26,28). The lowest BCUT2D eigenvalue weighted by molar-refractivity contribution is 0.0453. The summed E-state index contributed by atoms with van der Waals surface area (Å²) in [7, 11) is 1.54. The first kappa shape index (κ1) is 22.9. The normalized spacial score (nSPS) is 10.8. The minimum Gasteiger partial charge on any atom is -0.496 e. The van der Waals surface area contributed by atoms with Crippen molar-refractivity contribution >= 4 is 17.5 Å². The molecule has 2 aromatic carbocycles. The molecule has 3 rings (SSSR count). The third kappa shape index (κ3) is 6.34. The number of ether oxygens (including phenoxy) is 3. The second-order valence-corrected chi connectivity index (χ2v) is 7.25. The molecule has 164 valence electrons. The Morgan fingerprint density at radius 3 is 2.52 bits per heavy atom. The smallest absolute Gasteiger partial charge is 0.255 e. The minimum atomic E-state index is -0.254. The zero-order chi connectivity index (χ0) is 22.1. The number of nitrogens with one attached hydrogen (secondary N) is 1. The van der Waals surface area contributed by atoms with Gasteiger partial charge in [0.15, 0.2) is 0 Å². The first-order chi connectivity index (χ1) is 15.1. The number of rotatable bonds is 11. The quantitative estimate of drug-likeness (QED) is 0.440. The van der Waals surface area contributed by atoms with Gasteiger partial charge in [-0.05, 0) is 36.2 Å². The summed E-state index contributed by atoms with van der Waals surface area (Å²) in [6, 6.07) is 15.1. The number of hydrogen-bond donors (Lipinski definition) is 1. The maximum atomic E-state index is 12.8. The van der Waals surface area contributed by atoms with Crippen LogP contribution in [0.1, 0.15) is 28.4 Å². The lowest BCUT2D eigenvalue weighted by Gasteiger charge is -2.14. The van der Waals surface area contributed by atoms with E-state index >= 15 is 0 Å². The van der Waals surface area contributed by atoms with E-state index in [1.165, 1.54) is 7.11 Å². The van der Waals surface area contributed by atoms with Crippen molar-refractivity contribution in [2.75, 3.05) is 26.9 Å². The molecule has 0 saturated heterocycles. The van der Waals surface area contributed by atoms with Gasteiger partial charge in [-0.3, -0.25) is 4.79 Å². The molecular weight excluding hydrogens is 416 g/mol. The number of carbonyl (C=O) groups excluding carboxylic acids is 1. The van der Waals surface area contributed by atoms with Crippen LogP contribution in [0.2, 0.25) is 5.02 Å². The van der Waals surface area contributed by atoms with Crippen molar-refractivity contribution in [2.45, 2.75) is 20.1 Å². The molecule has 0 bridgehead atoms. The van der Waals surface area contributed by atoms with Crippen LogP contribution in [0, 0.1) is 0 Å². The van der Waals surface area contributed by atoms with Crippen molar-refractivity contribution < 1.29 is 19.0 Å². The van der Waals surface area contributed by atoms with Crippen LogP contribution in [-0.4, -0.2) is 37.4 Å². The molecule has 0 atom stereocenters. The Hall–Kier alpha value is -2.80. The van der Waals surface area contributed by atoms with Gasteiger partial charge in [0, 0.05) is 31.6 Å². The van der Waals surface area contributed by atoms with Crippen molar-refractivity contribution in [3.63, 3.8) is 0 Å². The molecule has 0 unspecified atom stereocenters. The van der Waals surface area contributed by atoms with Gasteiger partial charge in [-0.2, -0.15) is 0 Å². The summed E-state index contributed by atoms with van der Waals surface area (Å²) in [4.78, 5) is 12.8. The molecule has 0 spiro atoms. The summed E-state index contributed by atoms with van der Waals surface area (Å²) >= 11 is 6.43. The summed E-state index contributed by atoms with van der Waals surface area (Å²) in [5.41, 5.74) is 3.16. The van der Waals surface area contributed by atoms with Gasteiger partial charge in [-0.15, -0.1) is 0 Å². The van der Waals surface area contributed by atoms with Crippen molar-refractivity contribution in [3.05, 3.63) is 82.6 Å². The van der Waals surface area contributed by atoms with E-state index in [-0.39, 0.29) is 5.91 Å². The van der Waals surface area contributed by atoms with E-state index in [1.807, 2.05) is 60.3 Å². The summed E-state index contributed by atoms with van der Waals surface area (Å²) in [5, 5.41) is 3.40. The van der Waals surface area contributed by atoms with E-state index in [4.69, 9.17) is 25.8 Å². The number of aromatic nitrogens is 1. The summed E-state index contributed by atoms with van der Waals surface area (Å²) in [6.45, 7) is 4.65. The van der Waals surface area contributed by atoms with Crippen LogP contribution in [0.15, 0.2) is 60.9 Å². The summed E-state index contributed by atoms with van der Waals surface area (Å²) < 4.78 is 18.2. The lowest BCUT2D eigenvalue weighted by Crippen LogP contribution is -2.23. The molecule has 31 heavy (non-hydrogen) atoms. The summed E-state index contributed by atoms with van der Waals surface area (Å²) in [6.07, 6.45) is 3.77. The van der Waals surface area contributed by atoms with E-state index < -0.39 is 0 Å². The van der Waals surface area contributed by atoms with Gasteiger partial charge in [0.05, 0.1) is 43.2 Å². The molecule has 0 aliphatic rings. The predicted octanol–water partition coefficient (Wildman–Crippen LogP) is 4.62. The Bertz CT molecular complexity index is 989. The fraction of sp³-hybridized carbons (Fsp3) is 0.292. The van der Waals surface area contributed by atoms with E-state index in [0.29, 0.717) is 49.3 Å². The van der Waals surface area contributed by atoms with Crippen molar-refractivity contribution in [3.8, 4) is 11.4 Å². The fourth-order valence-electron chi connectivity index (χ4n) is 3.14. The SMILES string of the molecule is CCOCCOCc1cccc(CNC(=O)c2cc(Cl)c(-n3cccc3)cc2OC)c1. The molecule has 1 heterocycles. The highest BCUT2D eigenvalue weighted by atomic mass is 35.5. The predicted molar refractivity (Wildman–Crippen MR) is 121 cm³/mol. The molecular formula is C24H27ClN2O4. The van der Waals surface area contributed by atoms with Crippen molar-refractivity contribution in [1.29, 1.82) is 0 Å². The largest absolute Gasteiger partial charge is 0.496 e. The third-order valence-electron chi connectivity index (χ3n) is 4.69. The van der Waals surface area contributed by atoms with Gasteiger partial charge in [0.2, 0.25) is 0 Å². The van der Waals surface area contributed by atoms with Gasteiger partial charge < -0.3 is 24.1 Å². The average Bonchev–Trinajstić information content (AvgIpc) is 3.32. The molecule has 0 aliphatic heterocycles. The van der Waals surface area contributed by atoms with Gasteiger partial charge in [-0.1, -0.05) is 35.9 Å². The van der Waals surface area contributed by atoms with Crippen LogP contribution in [0.4, 0.5) is 0 Å². The number of benzene rings is 2. The third-order valence-corrected chi connectivity index (χ3v) is 4.99. The van der Waals surface area contributed by atoms with Crippen LogP contribution in [0.25, 0.3) is 5.69 Å². The molecule has 1 aromatic heterocycles. The Balaban J connectivity index is 1.63. The number of amides is 1. The van der Waals surface area contributed by atoms with Crippen molar-refractivity contribution in [2.24, 2.45) is 0 Å². The van der Waals surface area contributed by atoms with Crippen molar-refractivity contribution in [1.82, 2.24) is 9.88 Å². The summed E-state index contributed by atoms with van der Waals surface area (Å²) in [5.74, 6) is 0.207. The molecule has 3 aromatic rings. The Morgan fingerprint density at radius 1 is 1.03 bits per heavy atom. The minimum absolute atomic E-state index is 0.254. The number of halogens is 1. The van der Waals surface area contributed by atoms with E-state index in [2.05, 4.69) is 5.32 Å². The van der Waals surface area contributed by atoms with E-state index in [9.17, 15) is 4.79 Å². The molecule has 0 fully saturated rings. The Kier molecular flexibility index (Phi) is 8.53. The lowest BCUT2D eigenvalue weighted by atomic mass is 10.1. The maximum absolute atomic E-state index is 12.8. The van der Waals surface area contributed by atoms with Gasteiger partial charge in [0.1, 0.15) is 5.75 Å². The molecule has 0 aliphatic carbocycles. The molecule has 0 radical (unpaired) electrons. The molecule has 1 amide bonds. The molecule has 0 saturated carbocycles. The zero-order valence-electron chi connectivity index (χ0n) is 17.8. The van der Waals surface area contributed by atoms with E-state index in [1.54, 1.807) is 12.1 Å². The second kappa shape index (κ2) is 11.6. The van der Waals surface area contributed by atoms with Crippen LogP contribution >= 0.6 is 11.6 Å². The fourth-order valence-corrected chi connectivity index (χ4v) is 3.40. The average molecular weight is 443 g/mol. The Morgan fingerprint density at radius 2 is 1.77 bits per heavy atom. The maximum Gasteiger partial charge on any atom is 0.255 e. The first-order valence-electron chi connectivity index (χ1n) is 10.1. The van der Waals surface area contributed by atoms with E-state index in [0.717, 1.165) is 16.8 Å². The molecule has 6 nitrogen and oxygen atoms in total. The highest BCUT2D eigenvalue weighted by Gasteiger charge is 2.16. The van der Waals surface area contributed by atoms with Gasteiger partial charge in [0.25, 0.3) is 5.91 Å². The van der Waals surface area contributed by atoms with Crippen LogP contribution in [-0.2, 0) is 22.6 Å². The molecule has 7 heteroatoms. The second-order valence-electron chi connectivity index (χ2n) is 6.85. The number of methoxy groups -OCH3 is 1. The van der Waals surface area contributed by atoms with Crippen LogP contribution in [0.5, 0.6) is 5.75 Å². The topological polar surface area (TPSA) is 61.7 Å². The van der Waals surface area contributed by atoms with Crippen LogP contribution < -0.4 is 10.1 Å². The first-order valence-corrected chi connectivity index (χ1v) is 10.5. The number of carbonyl (C=O) groups is 1. The number of hydrogen-bond acceptors (Lipinski definition) is 4. The van der Waals surface area contributed by atoms with Gasteiger partial charge >= 0.3 is 0 Å². The highest BCUT2D eigenvalue weighted by Crippen LogP contribution is 2.30.